The maximum absolute atomic E-state index is 12.9. The predicted octanol–water partition coefficient (Wildman–Crippen LogP) is 4.26. The highest BCUT2D eigenvalue weighted by Crippen LogP contribution is 2.48. The maximum Gasteiger partial charge on any atom is 0.340 e. The van der Waals surface area contributed by atoms with Crippen molar-refractivity contribution in [1.29, 1.82) is 0 Å². The number of hydrogen-bond acceptors (Lipinski definition) is 6. The van der Waals surface area contributed by atoms with E-state index in [9.17, 15) is 9.90 Å². The van der Waals surface area contributed by atoms with E-state index in [2.05, 4.69) is 13.8 Å². The maximum atomic E-state index is 12.9. The van der Waals surface area contributed by atoms with Gasteiger partial charge >= 0.3 is 5.97 Å². The Kier molecular flexibility index (Phi) is 5.85. The number of fused-ring (bicyclic) bond motifs is 1. The molecule has 0 spiro atoms. The van der Waals surface area contributed by atoms with Crippen LogP contribution in [0.2, 0.25) is 0 Å². The van der Waals surface area contributed by atoms with Gasteiger partial charge in [0.2, 0.25) is 0 Å². The highest BCUT2D eigenvalue weighted by Gasteiger charge is 2.37. The Labute approximate surface area is 171 Å². The summed E-state index contributed by atoms with van der Waals surface area (Å²) in [5, 5.41) is 11.1. The molecule has 1 aromatic heterocycles. The molecule has 0 aliphatic heterocycles. The van der Waals surface area contributed by atoms with Crippen LogP contribution in [-0.2, 0) is 11.2 Å². The zero-order chi connectivity index (χ0) is 21.3. The van der Waals surface area contributed by atoms with E-state index < -0.39 is 12.1 Å². The predicted molar refractivity (Wildman–Crippen MR) is 111 cm³/mol. The number of benzene rings is 1. The highest BCUT2D eigenvalue weighted by atomic mass is 16.5. The Morgan fingerprint density at radius 2 is 2.00 bits per heavy atom. The van der Waals surface area contributed by atoms with E-state index in [-0.39, 0.29) is 12.0 Å². The van der Waals surface area contributed by atoms with E-state index in [1.54, 1.807) is 40.2 Å². The van der Waals surface area contributed by atoms with E-state index in [4.69, 9.17) is 19.2 Å². The average Bonchev–Trinajstić information content (AvgIpc) is 2.65. The number of pyridine rings is 1. The molecule has 0 fully saturated rings. The number of esters is 1. The van der Waals surface area contributed by atoms with Crippen LogP contribution in [0, 0.1) is 12.3 Å². The molecule has 0 saturated carbocycles. The van der Waals surface area contributed by atoms with Gasteiger partial charge in [-0.2, -0.15) is 0 Å². The number of aliphatic hydroxyl groups is 1. The van der Waals surface area contributed by atoms with Crippen LogP contribution in [0.4, 0.5) is 0 Å². The second-order valence-electron chi connectivity index (χ2n) is 8.16. The molecule has 29 heavy (non-hydrogen) atoms. The zero-order valence-corrected chi connectivity index (χ0v) is 18.0. The third-order valence-electron chi connectivity index (χ3n) is 5.38. The van der Waals surface area contributed by atoms with E-state index in [1.165, 1.54) is 0 Å². The second kappa shape index (κ2) is 8.03. The molecular formula is C23H29NO5. The van der Waals surface area contributed by atoms with Gasteiger partial charge in [0.25, 0.3) is 0 Å². The van der Waals surface area contributed by atoms with Gasteiger partial charge in [0.05, 0.1) is 38.2 Å². The molecule has 2 aromatic rings. The van der Waals surface area contributed by atoms with Gasteiger partial charge < -0.3 is 19.3 Å². The number of rotatable bonds is 5. The van der Waals surface area contributed by atoms with Crippen LogP contribution in [0.5, 0.6) is 11.5 Å². The molecule has 1 atom stereocenters. The first-order valence-electron chi connectivity index (χ1n) is 9.83. The number of aliphatic hydroxyl groups excluding tert-OH is 1. The van der Waals surface area contributed by atoms with Crippen molar-refractivity contribution in [3.8, 4) is 22.6 Å². The highest BCUT2D eigenvalue weighted by molar-refractivity contribution is 6.00. The molecule has 0 radical (unpaired) electrons. The number of carbonyl (C=O) groups is 1. The van der Waals surface area contributed by atoms with Crippen molar-refractivity contribution in [2.45, 2.75) is 46.6 Å². The fraction of sp³-hybridized carbons (Fsp3) is 0.478. The van der Waals surface area contributed by atoms with Gasteiger partial charge in [0.15, 0.2) is 0 Å². The molecule has 6 nitrogen and oxygen atoms in total. The lowest BCUT2D eigenvalue weighted by Gasteiger charge is -2.36. The summed E-state index contributed by atoms with van der Waals surface area (Å²) in [6.07, 6.45) is 0.537. The summed E-state index contributed by atoms with van der Waals surface area (Å²) in [5.74, 6) is 0.753. The molecule has 1 N–H and O–H groups in total. The molecular weight excluding hydrogens is 370 g/mol. The number of methoxy groups -OCH3 is 2. The SMILES string of the molecule is CCOC(=O)c1c(C)nc2c(c1-c1cc(OC)ccc1OC)[C@H](O)CC(C)(C)C2. The lowest BCUT2D eigenvalue weighted by molar-refractivity contribution is 0.0524. The quantitative estimate of drug-likeness (QED) is 0.757. The van der Waals surface area contributed by atoms with Crippen molar-refractivity contribution in [2.75, 3.05) is 20.8 Å². The minimum Gasteiger partial charge on any atom is -0.497 e. The minimum absolute atomic E-state index is 0.0902. The van der Waals surface area contributed by atoms with Crippen LogP contribution < -0.4 is 9.47 Å². The largest absolute Gasteiger partial charge is 0.497 e. The van der Waals surface area contributed by atoms with Gasteiger partial charge in [-0.05, 0) is 50.3 Å². The first kappa shape index (κ1) is 21.1. The van der Waals surface area contributed by atoms with Crippen molar-refractivity contribution >= 4 is 5.97 Å². The van der Waals surface area contributed by atoms with E-state index >= 15 is 0 Å². The van der Waals surface area contributed by atoms with Gasteiger partial charge in [-0.15, -0.1) is 0 Å². The van der Waals surface area contributed by atoms with Crippen molar-refractivity contribution in [2.24, 2.45) is 5.41 Å². The Morgan fingerprint density at radius 3 is 2.62 bits per heavy atom. The number of hydrogen-bond donors (Lipinski definition) is 1. The van der Waals surface area contributed by atoms with Crippen molar-refractivity contribution in [3.05, 3.63) is 40.7 Å². The molecule has 0 unspecified atom stereocenters. The summed E-state index contributed by atoms with van der Waals surface area (Å²) in [5.41, 5.74) is 3.61. The summed E-state index contributed by atoms with van der Waals surface area (Å²) in [4.78, 5) is 17.6. The van der Waals surface area contributed by atoms with Crippen LogP contribution in [0.1, 0.15) is 60.6 Å². The van der Waals surface area contributed by atoms with Gasteiger partial charge in [-0.1, -0.05) is 13.8 Å². The lowest BCUT2D eigenvalue weighted by atomic mass is 9.72. The minimum atomic E-state index is -0.749. The van der Waals surface area contributed by atoms with Gasteiger partial charge in [-0.3, -0.25) is 4.98 Å². The van der Waals surface area contributed by atoms with Crippen LogP contribution in [0.25, 0.3) is 11.1 Å². The number of aryl methyl sites for hydroxylation is 1. The molecule has 1 aliphatic carbocycles. The first-order valence-corrected chi connectivity index (χ1v) is 9.83. The van der Waals surface area contributed by atoms with Crippen molar-refractivity contribution < 1.29 is 24.1 Å². The Morgan fingerprint density at radius 1 is 1.28 bits per heavy atom. The zero-order valence-electron chi connectivity index (χ0n) is 18.0. The number of carbonyl (C=O) groups excluding carboxylic acids is 1. The second-order valence-corrected chi connectivity index (χ2v) is 8.16. The fourth-order valence-corrected chi connectivity index (χ4v) is 4.17. The van der Waals surface area contributed by atoms with Crippen LogP contribution in [-0.4, -0.2) is 36.9 Å². The number of aromatic nitrogens is 1. The average molecular weight is 399 g/mol. The smallest absolute Gasteiger partial charge is 0.340 e. The summed E-state index contributed by atoms with van der Waals surface area (Å²) in [6, 6.07) is 5.42. The van der Waals surface area contributed by atoms with Crippen LogP contribution >= 0.6 is 0 Å². The summed E-state index contributed by atoms with van der Waals surface area (Å²) < 4.78 is 16.3. The monoisotopic (exact) mass is 399 g/mol. The Hall–Kier alpha value is -2.60. The summed E-state index contributed by atoms with van der Waals surface area (Å²) in [6.45, 7) is 8.04. The van der Waals surface area contributed by atoms with E-state index in [0.29, 0.717) is 52.3 Å². The molecule has 1 aromatic carbocycles. The summed E-state index contributed by atoms with van der Waals surface area (Å²) >= 11 is 0. The van der Waals surface area contributed by atoms with Crippen molar-refractivity contribution in [1.82, 2.24) is 4.98 Å². The Bertz CT molecular complexity index is 935. The fourth-order valence-electron chi connectivity index (χ4n) is 4.17. The molecule has 0 saturated heterocycles. The van der Waals surface area contributed by atoms with Crippen LogP contribution in [0.3, 0.4) is 0 Å². The molecule has 1 heterocycles. The van der Waals surface area contributed by atoms with Crippen LogP contribution in [0.15, 0.2) is 18.2 Å². The molecule has 3 rings (SSSR count). The van der Waals surface area contributed by atoms with Crippen molar-refractivity contribution in [3.63, 3.8) is 0 Å². The third-order valence-corrected chi connectivity index (χ3v) is 5.38. The first-order chi connectivity index (χ1) is 13.7. The van der Waals surface area contributed by atoms with E-state index in [0.717, 1.165) is 5.69 Å². The van der Waals surface area contributed by atoms with E-state index in [1.807, 2.05) is 6.07 Å². The Balaban J connectivity index is 2.40. The lowest BCUT2D eigenvalue weighted by Crippen LogP contribution is -2.28. The topological polar surface area (TPSA) is 77.9 Å². The standard InChI is InChI=1S/C23H29NO5/c1-7-29-22(26)19-13(2)24-16-11-23(3,4)12-17(25)21(16)20(19)15-10-14(27-5)8-9-18(15)28-6/h8-10,17,25H,7,11-12H2,1-6H3/t17-/m1/s1. The molecule has 6 heteroatoms. The summed E-state index contributed by atoms with van der Waals surface area (Å²) in [7, 11) is 3.16. The molecule has 1 aliphatic rings. The third kappa shape index (κ3) is 3.94. The van der Waals surface area contributed by atoms with Gasteiger partial charge in [0, 0.05) is 22.4 Å². The number of ether oxygens (including phenoxy) is 3. The number of nitrogens with zero attached hydrogens (tertiary/aromatic N) is 1. The normalized spacial score (nSPS) is 17.4. The van der Waals surface area contributed by atoms with Gasteiger partial charge in [0.1, 0.15) is 11.5 Å². The molecule has 0 amide bonds. The molecule has 0 bridgehead atoms. The molecule has 156 valence electrons. The van der Waals surface area contributed by atoms with Gasteiger partial charge in [-0.25, -0.2) is 4.79 Å².